The van der Waals surface area contributed by atoms with Gasteiger partial charge in [0.2, 0.25) is 0 Å². The number of rotatable bonds is 3. The standard InChI is InChI=1S/C11H9BrFNS/c12-11-8(2-1-3-10(11)13)6-14-9-4-5-15-7-9/h1-5,7,14H,6H2. The van der Waals surface area contributed by atoms with Crippen molar-refractivity contribution in [2.24, 2.45) is 0 Å². The fourth-order valence-electron chi connectivity index (χ4n) is 1.25. The molecule has 0 saturated heterocycles. The first-order valence-corrected chi connectivity index (χ1v) is 6.20. The Hall–Kier alpha value is -0.870. The van der Waals surface area contributed by atoms with Crippen LogP contribution in [0.5, 0.6) is 0 Å². The molecule has 2 aromatic rings. The first-order valence-electron chi connectivity index (χ1n) is 4.46. The van der Waals surface area contributed by atoms with E-state index in [1.54, 1.807) is 17.4 Å². The second-order valence-electron chi connectivity index (χ2n) is 3.08. The zero-order valence-electron chi connectivity index (χ0n) is 7.84. The van der Waals surface area contributed by atoms with Gasteiger partial charge in [0, 0.05) is 17.6 Å². The van der Waals surface area contributed by atoms with Gasteiger partial charge in [-0.25, -0.2) is 4.39 Å². The smallest absolute Gasteiger partial charge is 0.137 e. The molecule has 4 heteroatoms. The van der Waals surface area contributed by atoms with Gasteiger partial charge in [0.05, 0.1) is 4.47 Å². The average molecular weight is 286 g/mol. The number of hydrogen-bond acceptors (Lipinski definition) is 2. The molecule has 1 nitrogen and oxygen atoms in total. The summed E-state index contributed by atoms with van der Waals surface area (Å²) >= 11 is 4.87. The summed E-state index contributed by atoms with van der Waals surface area (Å²) in [5.41, 5.74) is 1.98. The highest BCUT2D eigenvalue weighted by Crippen LogP contribution is 2.22. The number of nitrogens with one attached hydrogen (secondary N) is 1. The van der Waals surface area contributed by atoms with Crippen LogP contribution in [0.4, 0.5) is 10.1 Å². The molecular formula is C11H9BrFNS. The Balaban J connectivity index is 2.08. The Labute approximate surface area is 100 Å². The lowest BCUT2D eigenvalue weighted by atomic mass is 10.2. The van der Waals surface area contributed by atoms with Crippen LogP contribution in [-0.2, 0) is 6.54 Å². The third-order valence-corrected chi connectivity index (χ3v) is 3.61. The Morgan fingerprint density at radius 1 is 1.33 bits per heavy atom. The van der Waals surface area contributed by atoms with Gasteiger partial charge in [0.1, 0.15) is 5.82 Å². The summed E-state index contributed by atoms with van der Waals surface area (Å²) in [6.45, 7) is 0.620. The van der Waals surface area contributed by atoms with Gasteiger partial charge in [-0.2, -0.15) is 11.3 Å². The van der Waals surface area contributed by atoms with Crippen molar-refractivity contribution in [3.05, 3.63) is 50.9 Å². The van der Waals surface area contributed by atoms with Crippen LogP contribution in [0.15, 0.2) is 39.5 Å². The monoisotopic (exact) mass is 285 g/mol. The Morgan fingerprint density at radius 2 is 2.20 bits per heavy atom. The Morgan fingerprint density at radius 3 is 2.93 bits per heavy atom. The average Bonchev–Trinajstić information content (AvgIpc) is 2.73. The molecule has 0 radical (unpaired) electrons. The van der Waals surface area contributed by atoms with Gasteiger partial charge < -0.3 is 5.32 Å². The van der Waals surface area contributed by atoms with Crippen molar-refractivity contribution >= 4 is 33.0 Å². The molecule has 0 fully saturated rings. The number of benzene rings is 1. The van der Waals surface area contributed by atoms with Gasteiger partial charge in [0.25, 0.3) is 0 Å². The van der Waals surface area contributed by atoms with Crippen molar-refractivity contribution in [2.45, 2.75) is 6.54 Å². The van der Waals surface area contributed by atoms with Gasteiger partial charge >= 0.3 is 0 Å². The quantitative estimate of drug-likeness (QED) is 0.888. The predicted molar refractivity (Wildman–Crippen MR) is 65.7 cm³/mol. The van der Waals surface area contributed by atoms with E-state index < -0.39 is 0 Å². The van der Waals surface area contributed by atoms with E-state index in [1.165, 1.54) is 6.07 Å². The lowest BCUT2D eigenvalue weighted by Gasteiger charge is -2.06. The zero-order chi connectivity index (χ0) is 10.7. The number of halogens is 2. The highest BCUT2D eigenvalue weighted by Gasteiger charge is 2.04. The summed E-state index contributed by atoms with van der Waals surface area (Å²) in [4.78, 5) is 0. The van der Waals surface area contributed by atoms with Crippen LogP contribution in [0.3, 0.4) is 0 Å². The third-order valence-electron chi connectivity index (χ3n) is 2.04. The summed E-state index contributed by atoms with van der Waals surface area (Å²) in [6, 6.07) is 7.05. The van der Waals surface area contributed by atoms with Gasteiger partial charge in [-0.05, 0) is 39.0 Å². The maximum Gasteiger partial charge on any atom is 0.137 e. The highest BCUT2D eigenvalue weighted by molar-refractivity contribution is 9.10. The molecule has 0 spiro atoms. The van der Waals surface area contributed by atoms with E-state index in [4.69, 9.17) is 0 Å². The molecule has 78 valence electrons. The third kappa shape index (κ3) is 2.58. The summed E-state index contributed by atoms with van der Waals surface area (Å²) in [7, 11) is 0. The van der Waals surface area contributed by atoms with E-state index in [0.29, 0.717) is 11.0 Å². The predicted octanol–water partition coefficient (Wildman–Crippen LogP) is 4.26. The Bertz CT molecular complexity index is 442. The molecule has 0 atom stereocenters. The van der Waals surface area contributed by atoms with Crippen molar-refractivity contribution in [1.29, 1.82) is 0 Å². The molecule has 0 aliphatic heterocycles. The summed E-state index contributed by atoms with van der Waals surface area (Å²) in [6.07, 6.45) is 0. The van der Waals surface area contributed by atoms with Crippen LogP contribution in [0.2, 0.25) is 0 Å². The maximum atomic E-state index is 13.2. The molecule has 0 amide bonds. The maximum absolute atomic E-state index is 13.2. The molecule has 1 aromatic carbocycles. The first kappa shape index (κ1) is 10.6. The van der Waals surface area contributed by atoms with Gasteiger partial charge in [-0.15, -0.1) is 0 Å². The first-order chi connectivity index (χ1) is 7.27. The van der Waals surface area contributed by atoms with Crippen LogP contribution in [0.1, 0.15) is 5.56 Å². The lowest BCUT2D eigenvalue weighted by Crippen LogP contribution is -1.99. The van der Waals surface area contributed by atoms with Gasteiger partial charge in [-0.3, -0.25) is 0 Å². The summed E-state index contributed by atoms with van der Waals surface area (Å²) < 4.78 is 13.7. The van der Waals surface area contributed by atoms with Crippen LogP contribution in [0.25, 0.3) is 0 Å². The van der Waals surface area contributed by atoms with E-state index in [-0.39, 0.29) is 5.82 Å². The topological polar surface area (TPSA) is 12.0 Å². The van der Waals surface area contributed by atoms with Crippen LogP contribution in [-0.4, -0.2) is 0 Å². The normalized spacial score (nSPS) is 10.3. The van der Waals surface area contributed by atoms with Crippen molar-refractivity contribution in [1.82, 2.24) is 0 Å². The molecule has 0 unspecified atom stereocenters. The molecule has 2 rings (SSSR count). The van der Waals surface area contributed by atoms with E-state index in [9.17, 15) is 4.39 Å². The van der Waals surface area contributed by atoms with Gasteiger partial charge in [-0.1, -0.05) is 12.1 Å². The minimum atomic E-state index is -0.223. The minimum absolute atomic E-state index is 0.223. The van der Waals surface area contributed by atoms with Crippen LogP contribution >= 0.6 is 27.3 Å². The van der Waals surface area contributed by atoms with Crippen LogP contribution in [0, 0.1) is 5.82 Å². The molecule has 1 N–H and O–H groups in total. The fourth-order valence-corrected chi connectivity index (χ4v) is 2.26. The fraction of sp³-hybridized carbons (Fsp3) is 0.0909. The van der Waals surface area contributed by atoms with E-state index in [0.717, 1.165) is 11.3 Å². The zero-order valence-corrected chi connectivity index (χ0v) is 10.2. The number of thiophene rings is 1. The summed E-state index contributed by atoms with van der Waals surface area (Å²) in [5, 5.41) is 7.25. The lowest BCUT2D eigenvalue weighted by molar-refractivity contribution is 0.618. The van der Waals surface area contributed by atoms with E-state index in [1.807, 2.05) is 22.9 Å². The molecule has 0 saturated carbocycles. The van der Waals surface area contributed by atoms with Crippen LogP contribution < -0.4 is 5.32 Å². The number of anilines is 1. The highest BCUT2D eigenvalue weighted by atomic mass is 79.9. The second-order valence-corrected chi connectivity index (χ2v) is 4.65. The SMILES string of the molecule is Fc1cccc(CNc2ccsc2)c1Br. The molecule has 1 heterocycles. The minimum Gasteiger partial charge on any atom is -0.380 e. The van der Waals surface area contributed by atoms with Crippen molar-refractivity contribution in [3.8, 4) is 0 Å². The molecular weight excluding hydrogens is 277 g/mol. The second kappa shape index (κ2) is 4.77. The molecule has 0 bridgehead atoms. The molecule has 0 aliphatic rings. The molecule has 0 aliphatic carbocycles. The van der Waals surface area contributed by atoms with Crippen molar-refractivity contribution in [3.63, 3.8) is 0 Å². The van der Waals surface area contributed by atoms with E-state index in [2.05, 4.69) is 21.2 Å². The Kier molecular flexibility index (Phi) is 3.38. The van der Waals surface area contributed by atoms with Crippen molar-refractivity contribution < 1.29 is 4.39 Å². The molecule has 1 aromatic heterocycles. The summed E-state index contributed by atoms with van der Waals surface area (Å²) in [5.74, 6) is -0.223. The molecule has 15 heavy (non-hydrogen) atoms. The van der Waals surface area contributed by atoms with Gasteiger partial charge in [0.15, 0.2) is 0 Å². The number of hydrogen-bond donors (Lipinski definition) is 1. The van der Waals surface area contributed by atoms with Crippen molar-refractivity contribution in [2.75, 3.05) is 5.32 Å². The van der Waals surface area contributed by atoms with E-state index >= 15 is 0 Å². The largest absolute Gasteiger partial charge is 0.380 e.